The van der Waals surface area contributed by atoms with Gasteiger partial charge in [-0.25, -0.2) is 0 Å². The second-order valence-electron chi connectivity index (χ2n) is 3.84. The molecular weight excluding hydrogens is 124 g/mol. The second-order valence-corrected chi connectivity index (χ2v) is 3.84. The lowest BCUT2D eigenvalue weighted by Crippen LogP contribution is -2.26. The minimum absolute atomic E-state index is 0.911. The van der Waals surface area contributed by atoms with Crippen molar-refractivity contribution in [1.82, 2.24) is 0 Å². The molecule has 1 saturated carbocycles. The highest BCUT2D eigenvalue weighted by molar-refractivity contribution is 4.84. The van der Waals surface area contributed by atoms with Crippen molar-refractivity contribution in [3.63, 3.8) is 0 Å². The zero-order chi connectivity index (χ0) is 6.97. The van der Waals surface area contributed by atoms with Crippen LogP contribution in [0.4, 0.5) is 0 Å². The number of hydrogen-bond acceptors (Lipinski definition) is 1. The molecule has 1 aliphatic carbocycles. The molecule has 58 valence electrons. The van der Waals surface area contributed by atoms with Gasteiger partial charge in [0.2, 0.25) is 0 Å². The second kappa shape index (κ2) is 2.54. The van der Waals surface area contributed by atoms with Gasteiger partial charge in [0, 0.05) is 13.2 Å². The summed E-state index contributed by atoms with van der Waals surface area (Å²) in [6.45, 7) is 4.44. The smallest absolute Gasteiger partial charge is 0.0499 e. The van der Waals surface area contributed by atoms with Crippen LogP contribution in [0.1, 0.15) is 26.2 Å². The maximum atomic E-state index is 5.45. The summed E-state index contributed by atoms with van der Waals surface area (Å²) in [6.07, 6.45) is 4.24. The van der Waals surface area contributed by atoms with E-state index in [1.807, 2.05) is 0 Å². The van der Waals surface area contributed by atoms with Crippen molar-refractivity contribution in [3.8, 4) is 0 Å². The van der Waals surface area contributed by atoms with Crippen molar-refractivity contribution in [2.75, 3.05) is 13.2 Å². The third-order valence-electron chi connectivity index (χ3n) is 3.27. The Labute approximate surface area is 62.8 Å². The van der Waals surface area contributed by atoms with E-state index in [0.717, 1.165) is 31.0 Å². The van der Waals surface area contributed by atoms with Gasteiger partial charge in [0.15, 0.2) is 0 Å². The van der Waals surface area contributed by atoms with E-state index in [4.69, 9.17) is 4.74 Å². The Hall–Kier alpha value is -0.0400. The van der Waals surface area contributed by atoms with Gasteiger partial charge >= 0.3 is 0 Å². The maximum Gasteiger partial charge on any atom is 0.0499 e. The molecule has 0 spiro atoms. The van der Waals surface area contributed by atoms with Crippen molar-refractivity contribution in [2.45, 2.75) is 26.2 Å². The molecule has 0 aromatic heterocycles. The van der Waals surface area contributed by atoms with Crippen molar-refractivity contribution < 1.29 is 4.74 Å². The van der Waals surface area contributed by atoms with Crippen LogP contribution in [0.5, 0.6) is 0 Å². The van der Waals surface area contributed by atoms with Crippen molar-refractivity contribution >= 4 is 0 Å². The Morgan fingerprint density at radius 1 is 1.20 bits per heavy atom. The van der Waals surface area contributed by atoms with E-state index < -0.39 is 0 Å². The molecule has 0 N–H and O–H groups in total. The fraction of sp³-hybridized carbons (Fsp3) is 1.00. The predicted molar refractivity (Wildman–Crippen MR) is 40.8 cm³/mol. The molecule has 1 saturated heterocycles. The zero-order valence-corrected chi connectivity index (χ0v) is 6.68. The van der Waals surface area contributed by atoms with Gasteiger partial charge in [-0.05, 0) is 30.6 Å². The van der Waals surface area contributed by atoms with Gasteiger partial charge in [-0.2, -0.15) is 0 Å². The molecule has 2 fully saturated rings. The first-order valence-corrected chi connectivity index (χ1v) is 4.45. The average molecular weight is 140 g/mol. The molecule has 0 aromatic carbocycles. The fourth-order valence-corrected chi connectivity index (χ4v) is 2.48. The molecule has 1 heterocycles. The molecule has 1 aliphatic heterocycles. The standard InChI is InChI=1S/C9H16O/c1-7-2-3-8-4-5-10-6-9(7)8/h7-9H,2-6H2,1H3. The lowest BCUT2D eigenvalue weighted by atomic mass is 9.88. The van der Waals surface area contributed by atoms with Crippen LogP contribution in [0.3, 0.4) is 0 Å². The lowest BCUT2D eigenvalue weighted by Gasteiger charge is -2.27. The van der Waals surface area contributed by atoms with E-state index in [1.165, 1.54) is 19.3 Å². The van der Waals surface area contributed by atoms with Crippen LogP contribution in [-0.4, -0.2) is 13.2 Å². The number of ether oxygens (including phenoxy) is 1. The average Bonchev–Trinajstić information content (AvgIpc) is 2.34. The molecule has 3 unspecified atom stereocenters. The van der Waals surface area contributed by atoms with Gasteiger partial charge in [0.25, 0.3) is 0 Å². The Bertz CT molecular complexity index is 120. The minimum Gasteiger partial charge on any atom is -0.381 e. The van der Waals surface area contributed by atoms with Crippen LogP contribution >= 0.6 is 0 Å². The van der Waals surface area contributed by atoms with Gasteiger partial charge in [0.05, 0.1) is 0 Å². The van der Waals surface area contributed by atoms with E-state index in [2.05, 4.69) is 6.92 Å². The molecule has 0 aromatic rings. The third-order valence-corrected chi connectivity index (χ3v) is 3.27. The highest BCUT2D eigenvalue weighted by Gasteiger charge is 2.35. The van der Waals surface area contributed by atoms with E-state index in [-0.39, 0.29) is 0 Å². The molecule has 10 heavy (non-hydrogen) atoms. The number of hydrogen-bond donors (Lipinski definition) is 0. The number of fused-ring (bicyclic) bond motifs is 1. The summed E-state index contributed by atoms with van der Waals surface area (Å²) in [4.78, 5) is 0. The van der Waals surface area contributed by atoms with Crippen LogP contribution in [0, 0.1) is 17.8 Å². The summed E-state index contributed by atoms with van der Waals surface area (Å²) in [5, 5.41) is 0. The fourth-order valence-electron chi connectivity index (χ4n) is 2.48. The monoisotopic (exact) mass is 140 g/mol. The Balaban J connectivity index is 2.01. The third kappa shape index (κ3) is 0.968. The van der Waals surface area contributed by atoms with E-state index in [1.54, 1.807) is 0 Å². The summed E-state index contributed by atoms with van der Waals surface area (Å²) in [5.41, 5.74) is 0. The summed E-state index contributed by atoms with van der Waals surface area (Å²) in [6, 6.07) is 0. The van der Waals surface area contributed by atoms with E-state index in [0.29, 0.717) is 0 Å². The van der Waals surface area contributed by atoms with E-state index in [9.17, 15) is 0 Å². The minimum atomic E-state index is 0.911. The zero-order valence-electron chi connectivity index (χ0n) is 6.68. The highest BCUT2D eigenvalue weighted by atomic mass is 16.5. The van der Waals surface area contributed by atoms with Crippen molar-refractivity contribution in [2.24, 2.45) is 17.8 Å². The molecule has 2 rings (SSSR count). The summed E-state index contributed by atoms with van der Waals surface area (Å²) in [5.74, 6) is 2.86. The first-order chi connectivity index (χ1) is 4.88. The van der Waals surface area contributed by atoms with Gasteiger partial charge in [-0.3, -0.25) is 0 Å². The van der Waals surface area contributed by atoms with Gasteiger partial charge in [-0.15, -0.1) is 0 Å². The molecule has 0 bridgehead atoms. The van der Waals surface area contributed by atoms with Crippen molar-refractivity contribution in [1.29, 1.82) is 0 Å². The molecular formula is C9H16O. The van der Waals surface area contributed by atoms with E-state index >= 15 is 0 Å². The topological polar surface area (TPSA) is 9.23 Å². The Kier molecular flexibility index (Phi) is 1.69. The van der Waals surface area contributed by atoms with Crippen LogP contribution in [0.2, 0.25) is 0 Å². The van der Waals surface area contributed by atoms with Gasteiger partial charge < -0.3 is 4.74 Å². The Morgan fingerprint density at radius 2 is 2.10 bits per heavy atom. The number of rotatable bonds is 0. The SMILES string of the molecule is CC1CCC2CCOCC12. The molecule has 1 nitrogen and oxygen atoms in total. The summed E-state index contributed by atoms with van der Waals surface area (Å²) in [7, 11) is 0. The van der Waals surface area contributed by atoms with Crippen LogP contribution in [0.15, 0.2) is 0 Å². The lowest BCUT2D eigenvalue weighted by molar-refractivity contribution is 0.0175. The molecule has 3 atom stereocenters. The van der Waals surface area contributed by atoms with Crippen LogP contribution in [0.25, 0.3) is 0 Å². The largest absolute Gasteiger partial charge is 0.381 e. The van der Waals surface area contributed by atoms with Gasteiger partial charge in [-0.1, -0.05) is 13.3 Å². The molecule has 1 heteroatoms. The molecule has 0 amide bonds. The quantitative estimate of drug-likeness (QED) is 0.500. The summed E-state index contributed by atoms with van der Waals surface area (Å²) >= 11 is 0. The highest BCUT2D eigenvalue weighted by Crippen LogP contribution is 2.40. The van der Waals surface area contributed by atoms with Gasteiger partial charge in [0.1, 0.15) is 0 Å². The first kappa shape index (κ1) is 6.66. The van der Waals surface area contributed by atoms with Crippen molar-refractivity contribution in [3.05, 3.63) is 0 Å². The molecule has 2 aliphatic rings. The van der Waals surface area contributed by atoms with Crippen LogP contribution < -0.4 is 0 Å². The maximum absolute atomic E-state index is 5.45. The normalized spacial score (nSPS) is 47.1. The summed E-state index contributed by atoms with van der Waals surface area (Å²) < 4.78 is 5.45. The Morgan fingerprint density at radius 3 is 2.90 bits per heavy atom. The van der Waals surface area contributed by atoms with Crippen LogP contribution in [-0.2, 0) is 4.74 Å². The molecule has 0 radical (unpaired) electrons. The first-order valence-electron chi connectivity index (χ1n) is 4.45. The predicted octanol–water partition coefficient (Wildman–Crippen LogP) is 2.07.